The van der Waals surface area contributed by atoms with Crippen LogP contribution in [0.4, 0.5) is 5.69 Å². The smallest absolute Gasteiger partial charge is 0.145 e. The van der Waals surface area contributed by atoms with Gasteiger partial charge in [0.25, 0.3) is 0 Å². The zero-order chi connectivity index (χ0) is 13.8. The summed E-state index contributed by atoms with van der Waals surface area (Å²) in [5, 5.41) is 0.925. The van der Waals surface area contributed by atoms with Gasteiger partial charge in [0.15, 0.2) is 0 Å². The van der Waals surface area contributed by atoms with Crippen LogP contribution in [-0.2, 0) is 6.42 Å². The predicted octanol–water partition coefficient (Wildman–Crippen LogP) is 2.83. The monoisotopic (exact) mass is 265 g/mol. The Hall–Kier alpha value is -2.62. The third-order valence-corrected chi connectivity index (χ3v) is 3.16. The highest BCUT2D eigenvalue weighted by Gasteiger charge is 2.05. The Labute approximate surface area is 117 Å². The van der Waals surface area contributed by atoms with E-state index in [4.69, 9.17) is 10.5 Å². The molecule has 0 aliphatic rings. The normalized spacial score (nSPS) is 10.6. The molecule has 20 heavy (non-hydrogen) atoms. The summed E-state index contributed by atoms with van der Waals surface area (Å²) in [6, 6.07) is 11.5. The van der Waals surface area contributed by atoms with Crippen molar-refractivity contribution in [1.82, 2.24) is 9.97 Å². The Bertz CT molecular complexity index is 713. The molecule has 0 atom stereocenters. The van der Waals surface area contributed by atoms with Gasteiger partial charge < -0.3 is 10.5 Å². The average Bonchev–Trinajstić information content (AvgIpc) is 2.51. The number of benzene rings is 1. The highest BCUT2D eigenvalue weighted by atomic mass is 16.5. The summed E-state index contributed by atoms with van der Waals surface area (Å²) in [5.41, 5.74) is 8.67. The van der Waals surface area contributed by atoms with E-state index >= 15 is 0 Å². The van der Waals surface area contributed by atoms with Crippen molar-refractivity contribution in [3.05, 3.63) is 60.6 Å². The number of nitrogens with zero attached hydrogens (tertiary/aromatic N) is 2. The summed E-state index contributed by atoms with van der Waals surface area (Å²) >= 11 is 0. The molecule has 0 spiro atoms. The number of hydrogen-bond acceptors (Lipinski definition) is 4. The van der Waals surface area contributed by atoms with Crippen LogP contribution in [-0.4, -0.2) is 16.6 Å². The standard InChI is InChI=1S/C16H15N3O/c17-14-3-4-15(16-13(14)2-1-8-19-16)20-11-7-12-5-9-18-10-6-12/h1-6,8-10H,7,11,17H2. The second-order valence-electron chi connectivity index (χ2n) is 4.51. The second kappa shape index (κ2) is 5.57. The molecule has 2 heterocycles. The van der Waals surface area contributed by atoms with E-state index in [0.717, 1.165) is 28.8 Å². The van der Waals surface area contributed by atoms with Gasteiger partial charge in [-0.05, 0) is 42.0 Å². The lowest BCUT2D eigenvalue weighted by Gasteiger charge is -2.10. The quantitative estimate of drug-likeness (QED) is 0.737. The van der Waals surface area contributed by atoms with Gasteiger partial charge in [0.2, 0.25) is 0 Å². The topological polar surface area (TPSA) is 61.0 Å². The molecule has 0 fully saturated rings. The Kier molecular flexibility index (Phi) is 3.46. The summed E-state index contributed by atoms with van der Waals surface area (Å²) in [5.74, 6) is 0.767. The molecule has 4 heteroatoms. The summed E-state index contributed by atoms with van der Waals surface area (Å²) in [4.78, 5) is 8.35. The van der Waals surface area contributed by atoms with Gasteiger partial charge in [-0.15, -0.1) is 0 Å². The number of pyridine rings is 2. The fraction of sp³-hybridized carbons (Fsp3) is 0.125. The number of aromatic nitrogens is 2. The third-order valence-electron chi connectivity index (χ3n) is 3.16. The maximum atomic E-state index is 5.94. The Morgan fingerprint density at radius 3 is 2.70 bits per heavy atom. The first-order valence-electron chi connectivity index (χ1n) is 6.49. The molecule has 3 aromatic rings. The van der Waals surface area contributed by atoms with Crippen molar-refractivity contribution in [3.63, 3.8) is 0 Å². The van der Waals surface area contributed by atoms with E-state index < -0.39 is 0 Å². The number of fused-ring (bicyclic) bond motifs is 1. The molecule has 0 unspecified atom stereocenters. The molecule has 0 saturated carbocycles. The number of nitrogen functional groups attached to an aromatic ring is 1. The molecule has 0 bridgehead atoms. The van der Waals surface area contributed by atoms with Crippen molar-refractivity contribution >= 4 is 16.6 Å². The van der Waals surface area contributed by atoms with Crippen LogP contribution in [0.5, 0.6) is 5.75 Å². The first kappa shape index (κ1) is 12.4. The maximum Gasteiger partial charge on any atom is 0.145 e. The Morgan fingerprint density at radius 1 is 1.00 bits per heavy atom. The van der Waals surface area contributed by atoms with Crippen LogP contribution in [0.2, 0.25) is 0 Å². The molecule has 3 rings (SSSR count). The average molecular weight is 265 g/mol. The predicted molar refractivity (Wildman–Crippen MR) is 79.6 cm³/mol. The van der Waals surface area contributed by atoms with Crippen LogP contribution in [0.15, 0.2) is 55.0 Å². The van der Waals surface area contributed by atoms with E-state index in [1.54, 1.807) is 18.6 Å². The van der Waals surface area contributed by atoms with Gasteiger partial charge in [0.1, 0.15) is 11.3 Å². The van der Waals surface area contributed by atoms with Crippen molar-refractivity contribution in [2.45, 2.75) is 6.42 Å². The van der Waals surface area contributed by atoms with Crippen molar-refractivity contribution in [1.29, 1.82) is 0 Å². The third kappa shape index (κ3) is 2.54. The molecule has 4 nitrogen and oxygen atoms in total. The van der Waals surface area contributed by atoms with E-state index in [1.807, 2.05) is 36.4 Å². The van der Waals surface area contributed by atoms with Crippen LogP contribution in [0.3, 0.4) is 0 Å². The molecule has 0 aliphatic heterocycles. The van der Waals surface area contributed by atoms with Crippen molar-refractivity contribution in [3.8, 4) is 5.75 Å². The molecule has 2 aromatic heterocycles. The van der Waals surface area contributed by atoms with Crippen molar-refractivity contribution < 1.29 is 4.74 Å². The van der Waals surface area contributed by atoms with E-state index in [0.29, 0.717) is 6.61 Å². The van der Waals surface area contributed by atoms with Gasteiger partial charge >= 0.3 is 0 Å². The minimum atomic E-state index is 0.597. The van der Waals surface area contributed by atoms with E-state index in [2.05, 4.69) is 9.97 Å². The van der Waals surface area contributed by atoms with Gasteiger partial charge in [-0.25, -0.2) is 0 Å². The lowest BCUT2D eigenvalue weighted by molar-refractivity contribution is 0.325. The summed E-state index contributed by atoms with van der Waals surface area (Å²) in [6.07, 6.45) is 6.16. The van der Waals surface area contributed by atoms with Crippen LogP contribution in [0.25, 0.3) is 10.9 Å². The van der Waals surface area contributed by atoms with Crippen LogP contribution in [0, 0.1) is 0 Å². The van der Waals surface area contributed by atoms with Crippen LogP contribution < -0.4 is 10.5 Å². The minimum Gasteiger partial charge on any atom is -0.491 e. The van der Waals surface area contributed by atoms with E-state index in [9.17, 15) is 0 Å². The van der Waals surface area contributed by atoms with E-state index in [-0.39, 0.29) is 0 Å². The SMILES string of the molecule is Nc1ccc(OCCc2ccncc2)c2ncccc12. The zero-order valence-electron chi connectivity index (χ0n) is 11.0. The molecule has 1 aromatic carbocycles. The summed E-state index contributed by atoms with van der Waals surface area (Å²) in [7, 11) is 0. The highest BCUT2D eigenvalue weighted by molar-refractivity contribution is 5.94. The number of anilines is 1. The number of nitrogens with two attached hydrogens (primary N) is 1. The fourth-order valence-electron chi connectivity index (χ4n) is 2.11. The van der Waals surface area contributed by atoms with E-state index in [1.165, 1.54) is 5.56 Å². The zero-order valence-corrected chi connectivity index (χ0v) is 11.0. The fourth-order valence-corrected chi connectivity index (χ4v) is 2.11. The summed E-state index contributed by atoms with van der Waals surface area (Å²) in [6.45, 7) is 0.597. The highest BCUT2D eigenvalue weighted by Crippen LogP contribution is 2.28. The molecule has 0 radical (unpaired) electrons. The van der Waals surface area contributed by atoms with Gasteiger partial charge in [0, 0.05) is 36.1 Å². The van der Waals surface area contributed by atoms with Crippen LogP contribution >= 0.6 is 0 Å². The maximum absolute atomic E-state index is 5.94. The van der Waals surface area contributed by atoms with Gasteiger partial charge in [-0.1, -0.05) is 0 Å². The molecule has 2 N–H and O–H groups in total. The molecule has 0 amide bonds. The van der Waals surface area contributed by atoms with Gasteiger partial charge in [-0.2, -0.15) is 0 Å². The molecule has 0 aliphatic carbocycles. The largest absolute Gasteiger partial charge is 0.491 e. The molecular weight excluding hydrogens is 250 g/mol. The molecular formula is C16H15N3O. The van der Waals surface area contributed by atoms with Gasteiger partial charge in [-0.3, -0.25) is 9.97 Å². The lowest BCUT2D eigenvalue weighted by Crippen LogP contribution is -2.02. The Morgan fingerprint density at radius 2 is 1.85 bits per heavy atom. The first-order chi connectivity index (χ1) is 9.84. The van der Waals surface area contributed by atoms with Crippen LogP contribution in [0.1, 0.15) is 5.56 Å². The number of hydrogen-bond donors (Lipinski definition) is 1. The number of ether oxygens (including phenoxy) is 1. The minimum absolute atomic E-state index is 0.597. The molecule has 100 valence electrons. The second-order valence-corrected chi connectivity index (χ2v) is 4.51. The molecule has 0 saturated heterocycles. The van der Waals surface area contributed by atoms with Gasteiger partial charge in [0.05, 0.1) is 6.61 Å². The Balaban J connectivity index is 1.77. The van der Waals surface area contributed by atoms with Crippen molar-refractivity contribution in [2.24, 2.45) is 0 Å². The lowest BCUT2D eigenvalue weighted by atomic mass is 10.1. The first-order valence-corrected chi connectivity index (χ1v) is 6.49. The summed E-state index contributed by atoms with van der Waals surface area (Å²) < 4.78 is 5.84. The van der Waals surface area contributed by atoms with Crippen molar-refractivity contribution in [2.75, 3.05) is 12.3 Å². The number of rotatable bonds is 4.